The van der Waals surface area contributed by atoms with Crippen molar-refractivity contribution in [3.8, 4) is 5.88 Å². The topological polar surface area (TPSA) is 83.7 Å². The monoisotopic (exact) mass is 399 g/mol. The molecule has 1 N–H and O–H groups in total. The van der Waals surface area contributed by atoms with E-state index in [-0.39, 0.29) is 23.5 Å². The second-order valence-electron chi connectivity index (χ2n) is 6.81. The summed E-state index contributed by atoms with van der Waals surface area (Å²) in [5.41, 5.74) is 2.59. The third kappa shape index (κ3) is 4.08. The summed E-state index contributed by atoms with van der Waals surface area (Å²) in [6, 6.07) is 6.36. The van der Waals surface area contributed by atoms with E-state index in [1.807, 2.05) is 19.9 Å². The first-order valence-corrected chi connectivity index (χ1v) is 9.49. The van der Waals surface area contributed by atoms with Crippen LogP contribution >= 0.6 is 0 Å². The van der Waals surface area contributed by atoms with Gasteiger partial charge in [0.25, 0.3) is 5.88 Å². The average molecular weight is 399 g/mol. The van der Waals surface area contributed by atoms with Crippen molar-refractivity contribution in [2.75, 3.05) is 43.0 Å². The molecule has 0 spiro atoms. The fraction of sp³-hybridized carbons (Fsp3) is 0.350. The maximum absolute atomic E-state index is 13.7. The Morgan fingerprint density at radius 1 is 1.24 bits per heavy atom. The van der Waals surface area contributed by atoms with Crippen LogP contribution in [-0.4, -0.2) is 53.7 Å². The van der Waals surface area contributed by atoms with Crippen molar-refractivity contribution in [2.45, 2.75) is 13.8 Å². The lowest BCUT2D eigenvalue weighted by molar-refractivity contribution is 0.208. The molecule has 4 rings (SSSR count). The van der Waals surface area contributed by atoms with Crippen LogP contribution < -0.4 is 15.0 Å². The molecule has 3 heterocycles. The number of ether oxygens (including phenoxy) is 1. The van der Waals surface area contributed by atoms with Crippen LogP contribution in [0.3, 0.4) is 0 Å². The molecular formula is C20H22FN5O3. The molecule has 0 radical (unpaired) electrons. The largest absolute Gasteiger partial charge is 0.475 e. The van der Waals surface area contributed by atoms with Gasteiger partial charge < -0.3 is 19.0 Å². The van der Waals surface area contributed by atoms with Crippen LogP contribution in [0, 0.1) is 12.7 Å². The number of benzene rings is 1. The number of furan rings is 1. The molecule has 1 aliphatic rings. The minimum Gasteiger partial charge on any atom is -0.475 e. The molecular weight excluding hydrogens is 377 g/mol. The van der Waals surface area contributed by atoms with E-state index < -0.39 is 0 Å². The maximum atomic E-state index is 13.7. The smallest absolute Gasteiger partial charge is 0.323 e. The van der Waals surface area contributed by atoms with Crippen molar-refractivity contribution < 1.29 is 18.3 Å². The van der Waals surface area contributed by atoms with Gasteiger partial charge in [-0.2, -0.15) is 4.98 Å². The first-order chi connectivity index (χ1) is 14.0. The first-order valence-electron chi connectivity index (χ1n) is 9.49. The van der Waals surface area contributed by atoms with Crippen molar-refractivity contribution in [3.05, 3.63) is 41.9 Å². The van der Waals surface area contributed by atoms with E-state index in [0.717, 1.165) is 11.3 Å². The van der Waals surface area contributed by atoms with E-state index in [1.165, 1.54) is 18.4 Å². The molecule has 29 heavy (non-hydrogen) atoms. The highest BCUT2D eigenvalue weighted by Crippen LogP contribution is 2.25. The normalized spacial score (nSPS) is 14.3. The Kier molecular flexibility index (Phi) is 5.20. The summed E-state index contributed by atoms with van der Waals surface area (Å²) in [6.07, 6.45) is 1.49. The molecule has 0 atom stereocenters. The van der Waals surface area contributed by atoms with Gasteiger partial charge in [-0.25, -0.2) is 14.2 Å². The van der Waals surface area contributed by atoms with Crippen molar-refractivity contribution in [1.29, 1.82) is 0 Å². The number of nitrogens with one attached hydrogen (secondary N) is 1. The van der Waals surface area contributed by atoms with E-state index in [0.29, 0.717) is 44.0 Å². The van der Waals surface area contributed by atoms with Crippen LogP contribution in [-0.2, 0) is 0 Å². The summed E-state index contributed by atoms with van der Waals surface area (Å²) in [6.45, 7) is 6.31. The highest BCUT2D eigenvalue weighted by Gasteiger charge is 2.24. The molecule has 1 aliphatic heterocycles. The molecule has 0 saturated carbocycles. The van der Waals surface area contributed by atoms with Gasteiger partial charge >= 0.3 is 6.03 Å². The molecule has 1 fully saturated rings. The number of nitrogens with zero attached hydrogens (tertiary/aromatic N) is 4. The summed E-state index contributed by atoms with van der Waals surface area (Å²) in [5.74, 6) is 0.225. The zero-order chi connectivity index (χ0) is 20.4. The van der Waals surface area contributed by atoms with Crippen LogP contribution in [0.1, 0.15) is 12.5 Å². The first kappa shape index (κ1) is 19.0. The van der Waals surface area contributed by atoms with Crippen molar-refractivity contribution in [1.82, 2.24) is 14.9 Å². The zero-order valence-electron chi connectivity index (χ0n) is 16.3. The molecule has 8 nitrogen and oxygen atoms in total. The predicted molar refractivity (Wildman–Crippen MR) is 107 cm³/mol. The fourth-order valence-electron chi connectivity index (χ4n) is 3.34. The number of hydrogen-bond donors (Lipinski definition) is 1. The number of rotatable bonds is 4. The van der Waals surface area contributed by atoms with E-state index in [9.17, 15) is 9.18 Å². The van der Waals surface area contributed by atoms with Crippen LogP contribution in [0.25, 0.3) is 11.2 Å². The van der Waals surface area contributed by atoms with Crippen molar-refractivity contribution >= 4 is 28.8 Å². The molecule has 0 bridgehead atoms. The molecule has 0 unspecified atom stereocenters. The van der Waals surface area contributed by atoms with Gasteiger partial charge in [0.15, 0.2) is 5.82 Å². The van der Waals surface area contributed by atoms with Crippen LogP contribution in [0.2, 0.25) is 0 Å². The van der Waals surface area contributed by atoms with Crippen LogP contribution in [0.5, 0.6) is 5.88 Å². The summed E-state index contributed by atoms with van der Waals surface area (Å²) < 4.78 is 24.4. The van der Waals surface area contributed by atoms with Gasteiger partial charge in [-0.15, -0.1) is 0 Å². The molecule has 1 aromatic carbocycles. The molecule has 0 aliphatic carbocycles. The van der Waals surface area contributed by atoms with Gasteiger partial charge in [0.1, 0.15) is 11.3 Å². The highest BCUT2D eigenvalue weighted by molar-refractivity contribution is 5.90. The summed E-state index contributed by atoms with van der Waals surface area (Å²) in [4.78, 5) is 25.1. The SMILES string of the molecule is CCOc1nc2occc2nc1NC(=O)N1CCN(c2cc(C)cc(F)c2)CC1. The molecule has 152 valence electrons. The Labute approximate surface area is 167 Å². The van der Waals surface area contributed by atoms with Gasteiger partial charge in [0.05, 0.1) is 12.9 Å². The number of aryl methyl sites for hydroxylation is 1. The highest BCUT2D eigenvalue weighted by atomic mass is 19.1. The predicted octanol–water partition coefficient (Wildman–Crippen LogP) is 3.42. The summed E-state index contributed by atoms with van der Waals surface area (Å²) in [5, 5.41) is 2.79. The number of halogens is 1. The third-order valence-electron chi connectivity index (χ3n) is 4.73. The zero-order valence-corrected chi connectivity index (χ0v) is 16.3. The number of amides is 2. The Hall–Kier alpha value is -3.36. The quantitative estimate of drug-likeness (QED) is 0.724. The molecule has 9 heteroatoms. The number of fused-ring (bicyclic) bond motifs is 1. The van der Waals surface area contributed by atoms with E-state index in [2.05, 4.69) is 20.2 Å². The Morgan fingerprint density at radius 2 is 2.03 bits per heavy atom. The van der Waals surface area contributed by atoms with Gasteiger partial charge in [0, 0.05) is 37.9 Å². The number of carbonyl (C=O) groups excluding carboxylic acids is 1. The summed E-state index contributed by atoms with van der Waals surface area (Å²) in [7, 11) is 0. The lowest BCUT2D eigenvalue weighted by atomic mass is 10.2. The number of aromatic nitrogens is 2. The molecule has 3 aromatic rings. The minimum absolute atomic E-state index is 0.220. The lowest BCUT2D eigenvalue weighted by Gasteiger charge is -2.36. The van der Waals surface area contributed by atoms with Gasteiger partial charge in [-0.05, 0) is 37.6 Å². The van der Waals surface area contributed by atoms with Gasteiger partial charge in [0.2, 0.25) is 5.71 Å². The minimum atomic E-state index is -0.279. The van der Waals surface area contributed by atoms with Crippen LogP contribution in [0.15, 0.2) is 34.9 Å². The molecule has 2 aromatic heterocycles. The number of urea groups is 1. The number of piperazine rings is 1. The van der Waals surface area contributed by atoms with Gasteiger partial charge in [-0.3, -0.25) is 5.32 Å². The second kappa shape index (κ2) is 7.94. The van der Waals surface area contributed by atoms with Crippen LogP contribution in [0.4, 0.5) is 20.7 Å². The molecule has 1 saturated heterocycles. The number of anilines is 2. The second-order valence-corrected chi connectivity index (χ2v) is 6.81. The fourth-order valence-corrected chi connectivity index (χ4v) is 3.34. The van der Waals surface area contributed by atoms with Gasteiger partial charge in [-0.1, -0.05) is 0 Å². The van der Waals surface area contributed by atoms with E-state index in [1.54, 1.807) is 11.0 Å². The summed E-state index contributed by atoms with van der Waals surface area (Å²) >= 11 is 0. The van der Waals surface area contributed by atoms with E-state index >= 15 is 0 Å². The maximum Gasteiger partial charge on any atom is 0.323 e. The Morgan fingerprint density at radius 3 is 2.76 bits per heavy atom. The standard InChI is InChI=1S/C20H22FN5O3/c1-3-28-19-17(22-16-4-9-29-18(16)24-19)23-20(27)26-7-5-25(6-8-26)15-11-13(2)10-14(21)12-15/h4,9-12H,3,5-8H2,1-2H3,(H,22,23,27). The lowest BCUT2D eigenvalue weighted by Crippen LogP contribution is -2.50. The number of hydrogen-bond acceptors (Lipinski definition) is 6. The number of carbonyl (C=O) groups is 1. The third-order valence-corrected chi connectivity index (χ3v) is 4.73. The Bertz CT molecular complexity index is 1010. The van der Waals surface area contributed by atoms with Crippen molar-refractivity contribution in [2.24, 2.45) is 0 Å². The Balaban J connectivity index is 1.43. The van der Waals surface area contributed by atoms with Crippen molar-refractivity contribution in [3.63, 3.8) is 0 Å². The average Bonchev–Trinajstić information content (AvgIpc) is 3.15. The van der Waals surface area contributed by atoms with E-state index in [4.69, 9.17) is 9.15 Å². The molecule has 2 amide bonds.